The third kappa shape index (κ3) is 2.76. The first-order chi connectivity index (χ1) is 8.29. The second kappa shape index (κ2) is 5.04. The molecule has 0 bridgehead atoms. The molecule has 1 amide bonds. The molecule has 1 heterocycles. The summed E-state index contributed by atoms with van der Waals surface area (Å²) < 4.78 is 5.27. The average molecular weight is 225 g/mol. The number of benzene rings is 1. The Kier molecular flexibility index (Phi) is 3.27. The molecule has 0 saturated carbocycles. The highest BCUT2D eigenvalue weighted by atomic mass is 16.3. The smallest absolute Gasteiger partial charge is 0.286 e. The molecule has 1 N–H and O–H groups in total. The summed E-state index contributed by atoms with van der Waals surface area (Å²) >= 11 is 0. The molecule has 1 aromatic heterocycles. The Bertz CT molecular complexity index is 573. The Hall–Kier alpha value is -2.47. The van der Waals surface area contributed by atoms with Crippen LogP contribution in [0.5, 0.6) is 0 Å². The van der Waals surface area contributed by atoms with Crippen LogP contribution >= 0.6 is 0 Å². The zero-order chi connectivity index (χ0) is 12.1. The highest BCUT2D eigenvalue weighted by Crippen LogP contribution is 2.06. The van der Waals surface area contributed by atoms with E-state index in [1.807, 2.05) is 30.3 Å². The Morgan fingerprint density at radius 2 is 1.88 bits per heavy atom. The molecule has 17 heavy (non-hydrogen) atoms. The van der Waals surface area contributed by atoms with Gasteiger partial charge in [-0.3, -0.25) is 4.79 Å². The minimum atomic E-state index is -0.252. The lowest BCUT2D eigenvalue weighted by atomic mass is 10.2. The van der Waals surface area contributed by atoms with E-state index in [1.165, 1.54) is 0 Å². The van der Waals surface area contributed by atoms with Gasteiger partial charge in [0.1, 0.15) is 0 Å². The molecule has 3 heteroatoms. The molecule has 0 aliphatic heterocycles. The fourth-order valence-electron chi connectivity index (χ4n) is 1.31. The van der Waals surface area contributed by atoms with Crippen LogP contribution in [0.2, 0.25) is 0 Å². The van der Waals surface area contributed by atoms with Crippen molar-refractivity contribution in [2.45, 2.75) is 0 Å². The lowest BCUT2D eigenvalue weighted by Crippen LogP contribution is -2.16. The maximum absolute atomic E-state index is 11.2. The predicted octanol–water partition coefficient (Wildman–Crippen LogP) is 2.04. The molecule has 0 fully saturated rings. The van der Waals surface area contributed by atoms with Crippen molar-refractivity contribution in [2.24, 2.45) is 0 Å². The van der Waals surface area contributed by atoms with Gasteiger partial charge < -0.3 is 9.73 Å². The van der Waals surface area contributed by atoms with Crippen LogP contribution in [0, 0.1) is 11.8 Å². The van der Waals surface area contributed by atoms with Crippen LogP contribution in [0.4, 0.5) is 0 Å². The monoisotopic (exact) mass is 225 g/mol. The van der Waals surface area contributed by atoms with E-state index in [2.05, 4.69) is 17.2 Å². The van der Waals surface area contributed by atoms with Crippen molar-refractivity contribution in [3.05, 3.63) is 59.5 Å². The summed E-state index contributed by atoms with van der Waals surface area (Å²) in [4.78, 5) is 11.2. The summed E-state index contributed by atoms with van der Waals surface area (Å²) in [6.45, 7) is 0. The van der Waals surface area contributed by atoms with Gasteiger partial charge in [-0.1, -0.05) is 24.1 Å². The van der Waals surface area contributed by atoms with E-state index in [4.69, 9.17) is 4.42 Å². The second-order valence-electron chi connectivity index (χ2n) is 3.36. The van der Waals surface area contributed by atoms with Crippen molar-refractivity contribution in [1.29, 1.82) is 0 Å². The van der Waals surface area contributed by atoms with Crippen molar-refractivity contribution >= 4 is 5.91 Å². The fraction of sp³-hybridized carbons (Fsp3) is 0.0714. The van der Waals surface area contributed by atoms with E-state index in [0.717, 1.165) is 5.56 Å². The molecule has 0 saturated heterocycles. The van der Waals surface area contributed by atoms with Gasteiger partial charge in [-0.05, 0) is 30.2 Å². The lowest BCUT2D eigenvalue weighted by Gasteiger charge is -1.91. The minimum Gasteiger partial charge on any atom is -0.443 e. The molecule has 2 aromatic rings. The topological polar surface area (TPSA) is 42.2 Å². The van der Waals surface area contributed by atoms with Crippen LogP contribution in [-0.4, -0.2) is 13.0 Å². The normalized spacial score (nSPS) is 9.24. The first-order valence-corrected chi connectivity index (χ1v) is 5.18. The van der Waals surface area contributed by atoms with Gasteiger partial charge in [-0.15, -0.1) is 0 Å². The van der Waals surface area contributed by atoms with Gasteiger partial charge in [0.15, 0.2) is 11.5 Å². The van der Waals surface area contributed by atoms with Crippen LogP contribution in [-0.2, 0) is 0 Å². The van der Waals surface area contributed by atoms with Crippen molar-refractivity contribution < 1.29 is 9.21 Å². The summed E-state index contributed by atoms with van der Waals surface area (Å²) in [5.41, 5.74) is 0.908. The van der Waals surface area contributed by atoms with E-state index in [-0.39, 0.29) is 11.7 Å². The van der Waals surface area contributed by atoms with Crippen molar-refractivity contribution in [3.63, 3.8) is 0 Å². The summed E-state index contributed by atoms with van der Waals surface area (Å²) in [6.07, 6.45) is 0. The van der Waals surface area contributed by atoms with E-state index >= 15 is 0 Å². The Morgan fingerprint density at radius 1 is 1.12 bits per heavy atom. The fourth-order valence-corrected chi connectivity index (χ4v) is 1.31. The van der Waals surface area contributed by atoms with Crippen molar-refractivity contribution in [1.82, 2.24) is 5.32 Å². The second-order valence-corrected chi connectivity index (χ2v) is 3.36. The summed E-state index contributed by atoms with van der Waals surface area (Å²) in [5.74, 6) is 6.31. The molecule has 2 rings (SSSR count). The van der Waals surface area contributed by atoms with Gasteiger partial charge in [0.05, 0.1) is 0 Å². The largest absolute Gasteiger partial charge is 0.443 e. The number of carbonyl (C=O) groups is 1. The summed E-state index contributed by atoms with van der Waals surface area (Å²) in [7, 11) is 1.56. The van der Waals surface area contributed by atoms with Crippen LogP contribution in [0.25, 0.3) is 0 Å². The minimum absolute atomic E-state index is 0.252. The molecular formula is C14H11NO2. The molecule has 3 nitrogen and oxygen atoms in total. The van der Waals surface area contributed by atoms with Gasteiger partial charge in [0.2, 0.25) is 0 Å². The van der Waals surface area contributed by atoms with E-state index in [9.17, 15) is 4.79 Å². The van der Waals surface area contributed by atoms with E-state index < -0.39 is 0 Å². The molecule has 0 aliphatic carbocycles. The van der Waals surface area contributed by atoms with Crippen LogP contribution < -0.4 is 5.32 Å². The Balaban J connectivity index is 2.18. The van der Waals surface area contributed by atoms with Crippen LogP contribution in [0.3, 0.4) is 0 Å². The molecule has 0 radical (unpaired) electrons. The van der Waals surface area contributed by atoms with Gasteiger partial charge in [0.25, 0.3) is 5.91 Å². The zero-order valence-electron chi connectivity index (χ0n) is 9.36. The SMILES string of the molecule is CNC(=O)c1ccc(C#Cc2ccccc2)o1. The maximum atomic E-state index is 11.2. The third-order valence-electron chi connectivity index (χ3n) is 2.16. The maximum Gasteiger partial charge on any atom is 0.286 e. The van der Waals surface area contributed by atoms with Crippen molar-refractivity contribution in [2.75, 3.05) is 7.05 Å². The molecular weight excluding hydrogens is 214 g/mol. The zero-order valence-corrected chi connectivity index (χ0v) is 9.36. The summed E-state index contributed by atoms with van der Waals surface area (Å²) in [6, 6.07) is 12.9. The number of hydrogen-bond donors (Lipinski definition) is 1. The van der Waals surface area contributed by atoms with Gasteiger partial charge >= 0.3 is 0 Å². The molecule has 1 aromatic carbocycles. The quantitative estimate of drug-likeness (QED) is 0.755. The van der Waals surface area contributed by atoms with Gasteiger partial charge in [-0.2, -0.15) is 0 Å². The molecule has 0 atom stereocenters. The predicted molar refractivity (Wildman–Crippen MR) is 64.5 cm³/mol. The molecule has 0 spiro atoms. The Morgan fingerprint density at radius 3 is 2.59 bits per heavy atom. The summed E-state index contributed by atoms with van der Waals surface area (Å²) in [5, 5.41) is 2.49. The van der Waals surface area contributed by atoms with E-state index in [0.29, 0.717) is 5.76 Å². The highest BCUT2D eigenvalue weighted by Gasteiger charge is 2.07. The Labute approximate surface area is 99.5 Å². The third-order valence-corrected chi connectivity index (χ3v) is 2.16. The van der Waals surface area contributed by atoms with E-state index in [1.54, 1.807) is 19.2 Å². The number of furan rings is 1. The number of rotatable bonds is 1. The first kappa shape index (κ1) is 11.0. The number of amides is 1. The highest BCUT2D eigenvalue weighted by molar-refractivity contribution is 5.91. The van der Waals surface area contributed by atoms with Crippen LogP contribution in [0.15, 0.2) is 46.9 Å². The molecule has 84 valence electrons. The standard InChI is InChI=1S/C14H11NO2/c1-15-14(16)13-10-9-12(17-13)8-7-11-5-3-2-4-6-11/h2-6,9-10H,1H3,(H,15,16). The average Bonchev–Trinajstić information content (AvgIpc) is 2.85. The van der Waals surface area contributed by atoms with Gasteiger partial charge in [0, 0.05) is 12.6 Å². The first-order valence-electron chi connectivity index (χ1n) is 5.18. The molecule has 0 aliphatic rings. The lowest BCUT2D eigenvalue weighted by molar-refractivity contribution is 0.0935. The van der Waals surface area contributed by atoms with Crippen LogP contribution in [0.1, 0.15) is 21.9 Å². The molecule has 0 unspecified atom stereocenters. The number of nitrogens with one attached hydrogen (secondary N) is 1. The number of hydrogen-bond acceptors (Lipinski definition) is 2. The number of carbonyl (C=O) groups excluding carboxylic acids is 1. The van der Waals surface area contributed by atoms with Crippen molar-refractivity contribution in [3.8, 4) is 11.8 Å². The van der Waals surface area contributed by atoms with Gasteiger partial charge in [-0.25, -0.2) is 0 Å².